The third kappa shape index (κ3) is 4.40. The molecule has 0 saturated carbocycles. The van der Waals surface area contributed by atoms with Crippen LogP contribution < -0.4 is 5.32 Å². The monoisotopic (exact) mass is 368 g/mol. The van der Waals surface area contributed by atoms with Crippen LogP contribution in [0.4, 0.5) is 9.52 Å². The van der Waals surface area contributed by atoms with E-state index in [2.05, 4.69) is 10.3 Å². The largest absolute Gasteiger partial charge is 0.302 e. The molecule has 0 unspecified atom stereocenters. The van der Waals surface area contributed by atoms with Crippen LogP contribution >= 0.6 is 11.3 Å². The van der Waals surface area contributed by atoms with Crippen molar-refractivity contribution in [3.63, 3.8) is 0 Å². The molecule has 0 bridgehead atoms. The maximum absolute atomic E-state index is 12.9. The van der Waals surface area contributed by atoms with Gasteiger partial charge in [-0.3, -0.25) is 9.59 Å². The highest BCUT2D eigenvalue weighted by Gasteiger charge is 2.17. The molecule has 1 N–H and O–H groups in total. The molecule has 4 nitrogen and oxygen atoms in total. The predicted molar refractivity (Wildman–Crippen MR) is 101 cm³/mol. The highest BCUT2D eigenvalue weighted by Crippen LogP contribution is 2.31. The van der Waals surface area contributed by atoms with Crippen molar-refractivity contribution in [3.05, 3.63) is 70.9 Å². The fourth-order valence-corrected chi connectivity index (χ4v) is 3.39. The second-order valence-electron chi connectivity index (χ2n) is 5.79. The summed E-state index contributed by atoms with van der Waals surface area (Å²) in [4.78, 5) is 29.0. The van der Waals surface area contributed by atoms with Crippen LogP contribution in [0.3, 0.4) is 0 Å². The van der Waals surface area contributed by atoms with Gasteiger partial charge in [-0.2, -0.15) is 0 Å². The standard InChI is InChI=1S/C20H17FN2O2S/c1-13(24)19-18(15-5-3-2-4-6-15)23-20(26-19)22-17(25)12-9-14-7-10-16(21)11-8-14/h2-8,10-11H,9,12H2,1H3,(H,22,23,25). The van der Waals surface area contributed by atoms with Crippen LogP contribution in [0.1, 0.15) is 28.6 Å². The van der Waals surface area contributed by atoms with E-state index in [1.165, 1.54) is 30.4 Å². The molecule has 1 heterocycles. The zero-order chi connectivity index (χ0) is 18.5. The SMILES string of the molecule is CC(=O)c1sc(NC(=O)CCc2ccc(F)cc2)nc1-c1ccccc1. The Kier molecular flexibility index (Phi) is 5.53. The van der Waals surface area contributed by atoms with E-state index < -0.39 is 0 Å². The molecule has 0 saturated heterocycles. The van der Waals surface area contributed by atoms with Gasteiger partial charge in [0.05, 0.1) is 10.6 Å². The van der Waals surface area contributed by atoms with Crippen molar-refractivity contribution in [2.75, 3.05) is 5.32 Å². The summed E-state index contributed by atoms with van der Waals surface area (Å²) in [5.41, 5.74) is 2.30. The van der Waals surface area contributed by atoms with Crippen LogP contribution in [0.5, 0.6) is 0 Å². The minimum Gasteiger partial charge on any atom is -0.302 e. The predicted octanol–water partition coefficient (Wildman–Crippen LogP) is 4.72. The Morgan fingerprint density at radius 2 is 1.77 bits per heavy atom. The van der Waals surface area contributed by atoms with E-state index in [4.69, 9.17) is 0 Å². The minimum absolute atomic E-state index is 0.0897. The van der Waals surface area contributed by atoms with Gasteiger partial charge in [-0.05, 0) is 24.1 Å². The molecule has 2 aromatic carbocycles. The normalized spacial score (nSPS) is 10.5. The summed E-state index contributed by atoms with van der Waals surface area (Å²) >= 11 is 1.17. The minimum atomic E-state index is -0.300. The number of carbonyl (C=O) groups excluding carboxylic acids is 2. The number of halogens is 1. The fraction of sp³-hybridized carbons (Fsp3) is 0.150. The Hall–Kier alpha value is -2.86. The lowest BCUT2D eigenvalue weighted by Crippen LogP contribution is -2.12. The van der Waals surface area contributed by atoms with Crippen LogP contribution in [0.25, 0.3) is 11.3 Å². The maximum atomic E-state index is 12.9. The Labute approximate surface area is 154 Å². The lowest BCUT2D eigenvalue weighted by atomic mass is 10.1. The van der Waals surface area contributed by atoms with Gasteiger partial charge >= 0.3 is 0 Å². The van der Waals surface area contributed by atoms with Gasteiger partial charge in [0.1, 0.15) is 5.82 Å². The van der Waals surface area contributed by atoms with Crippen molar-refractivity contribution in [3.8, 4) is 11.3 Å². The molecule has 0 radical (unpaired) electrons. The van der Waals surface area contributed by atoms with Gasteiger partial charge in [-0.15, -0.1) is 0 Å². The average Bonchev–Trinajstić information content (AvgIpc) is 3.06. The van der Waals surface area contributed by atoms with Gasteiger partial charge in [0.2, 0.25) is 5.91 Å². The number of benzene rings is 2. The molecule has 1 aromatic heterocycles. The van der Waals surface area contributed by atoms with Gasteiger partial charge in [-0.1, -0.05) is 53.8 Å². The number of anilines is 1. The smallest absolute Gasteiger partial charge is 0.226 e. The number of carbonyl (C=O) groups is 2. The van der Waals surface area contributed by atoms with Crippen molar-refractivity contribution in [1.82, 2.24) is 4.98 Å². The van der Waals surface area contributed by atoms with Crippen molar-refractivity contribution >= 4 is 28.2 Å². The number of aryl methyl sites for hydroxylation is 1. The van der Waals surface area contributed by atoms with Gasteiger partial charge < -0.3 is 5.32 Å². The molecule has 0 fully saturated rings. The summed E-state index contributed by atoms with van der Waals surface area (Å²) in [5.74, 6) is -0.586. The first-order valence-corrected chi connectivity index (χ1v) is 8.96. The van der Waals surface area contributed by atoms with Crippen LogP contribution in [-0.2, 0) is 11.2 Å². The molecule has 0 atom stereocenters. The zero-order valence-corrected chi connectivity index (χ0v) is 15.0. The molecule has 0 aliphatic heterocycles. The van der Waals surface area contributed by atoms with Crippen LogP contribution in [-0.4, -0.2) is 16.7 Å². The van der Waals surface area contributed by atoms with Crippen LogP contribution in [0.15, 0.2) is 54.6 Å². The number of amides is 1. The van der Waals surface area contributed by atoms with Gasteiger partial charge in [-0.25, -0.2) is 9.37 Å². The number of nitrogens with zero attached hydrogens (tertiary/aromatic N) is 1. The van der Waals surface area contributed by atoms with Crippen molar-refractivity contribution < 1.29 is 14.0 Å². The van der Waals surface area contributed by atoms with Gasteiger partial charge in [0, 0.05) is 18.9 Å². The quantitative estimate of drug-likeness (QED) is 0.640. The van der Waals surface area contributed by atoms with E-state index in [9.17, 15) is 14.0 Å². The number of Topliss-reactive ketones (excluding diaryl/α,β-unsaturated/α-hetero) is 1. The molecule has 6 heteroatoms. The Balaban J connectivity index is 1.70. The molecule has 0 aliphatic carbocycles. The number of thiazole rings is 1. The number of aromatic nitrogens is 1. The first-order valence-electron chi connectivity index (χ1n) is 8.14. The van der Waals surface area contributed by atoms with Crippen molar-refractivity contribution in [2.24, 2.45) is 0 Å². The lowest BCUT2D eigenvalue weighted by Gasteiger charge is -2.02. The second-order valence-corrected chi connectivity index (χ2v) is 6.79. The van der Waals surface area contributed by atoms with Crippen LogP contribution in [0, 0.1) is 5.82 Å². The summed E-state index contributed by atoms with van der Waals surface area (Å²) in [5, 5.41) is 3.15. The third-order valence-corrected chi connectivity index (χ3v) is 4.87. The third-order valence-electron chi connectivity index (χ3n) is 3.79. The zero-order valence-electron chi connectivity index (χ0n) is 14.2. The molecule has 132 valence electrons. The van der Waals surface area contributed by atoms with Crippen molar-refractivity contribution in [1.29, 1.82) is 0 Å². The second kappa shape index (κ2) is 8.01. The highest BCUT2D eigenvalue weighted by molar-refractivity contribution is 7.18. The number of hydrogen-bond donors (Lipinski definition) is 1. The fourth-order valence-electron chi connectivity index (χ4n) is 2.49. The van der Waals surface area contributed by atoms with Crippen LogP contribution in [0.2, 0.25) is 0 Å². The molecule has 3 aromatic rings. The maximum Gasteiger partial charge on any atom is 0.226 e. The first kappa shape index (κ1) is 17.9. The summed E-state index contributed by atoms with van der Waals surface area (Å²) in [6.45, 7) is 1.49. The van der Waals surface area contributed by atoms with E-state index >= 15 is 0 Å². The van der Waals surface area contributed by atoms with E-state index in [1.807, 2.05) is 30.3 Å². The first-order chi connectivity index (χ1) is 12.5. The number of ketones is 1. The molecule has 26 heavy (non-hydrogen) atoms. The Morgan fingerprint density at radius 3 is 2.42 bits per heavy atom. The Bertz CT molecular complexity index is 921. The lowest BCUT2D eigenvalue weighted by molar-refractivity contribution is -0.116. The summed E-state index contributed by atoms with van der Waals surface area (Å²) in [6.07, 6.45) is 0.754. The van der Waals surface area contributed by atoms with E-state index in [-0.39, 0.29) is 23.9 Å². The molecular weight excluding hydrogens is 351 g/mol. The molecule has 1 amide bonds. The summed E-state index contributed by atoms with van der Waals surface area (Å²) in [7, 11) is 0. The Morgan fingerprint density at radius 1 is 1.08 bits per heavy atom. The van der Waals surface area contributed by atoms with E-state index in [0.29, 0.717) is 22.1 Å². The van der Waals surface area contributed by atoms with Gasteiger partial charge in [0.15, 0.2) is 10.9 Å². The molecule has 0 aliphatic rings. The van der Waals surface area contributed by atoms with E-state index in [0.717, 1.165) is 11.1 Å². The molecule has 0 spiro atoms. The topological polar surface area (TPSA) is 59.1 Å². The number of rotatable bonds is 6. The average molecular weight is 368 g/mol. The highest BCUT2D eigenvalue weighted by atomic mass is 32.1. The molecule has 3 rings (SSSR count). The summed E-state index contributed by atoms with van der Waals surface area (Å²) < 4.78 is 12.9. The molecular formula is C20H17FN2O2S. The van der Waals surface area contributed by atoms with Crippen molar-refractivity contribution in [2.45, 2.75) is 19.8 Å². The summed E-state index contributed by atoms with van der Waals surface area (Å²) in [6, 6.07) is 15.5. The number of hydrogen-bond acceptors (Lipinski definition) is 4. The number of nitrogens with one attached hydrogen (secondary N) is 1. The van der Waals surface area contributed by atoms with Gasteiger partial charge in [0.25, 0.3) is 0 Å². The van der Waals surface area contributed by atoms with E-state index in [1.54, 1.807) is 12.1 Å².